The van der Waals surface area contributed by atoms with E-state index >= 15 is 0 Å². The smallest absolute Gasteiger partial charge is 0.111 e. The molecule has 0 aliphatic rings. The van der Waals surface area contributed by atoms with Crippen LogP contribution >= 0.6 is 0 Å². The molecule has 0 bridgehead atoms. The lowest BCUT2D eigenvalue weighted by Gasteiger charge is -2.25. The molecule has 0 aromatic rings. The minimum absolute atomic E-state index is 0.106. The topological polar surface area (TPSA) is 113 Å². The maximum absolute atomic E-state index is 9.58. The van der Waals surface area contributed by atoms with Gasteiger partial charge in [-0.1, -0.05) is 26.2 Å². The van der Waals surface area contributed by atoms with Gasteiger partial charge in [0.15, 0.2) is 0 Å². The van der Waals surface area contributed by atoms with Crippen molar-refractivity contribution in [3.05, 3.63) is 0 Å². The molecule has 6 nitrogen and oxygen atoms in total. The summed E-state index contributed by atoms with van der Waals surface area (Å²) in [7, 11) is 0. The lowest BCUT2D eigenvalue weighted by molar-refractivity contribution is -0.113. The van der Waals surface area contributed by atoms with Gasteiger partial charge in [0.2, 0.25) is 0 Å². The van der Waals surface area contributed by atoms with Gasteiger partial charge in [-0.05, 0) is 13.0 Å². The van der Waals surface area contributed by atoms with Crippen molar-refractivity contribution in [2.45, 2.75) is 57.0 Å². The van der Waals surface area contributed by atoms with Gasteiger partial charge in [0.05, 0.1) is 12.7 Å². The highest BCUT2D eigenvalue weighted by molar-refractivity contribution is 4.81. The first-order valence-electron chi connectivity index (χ1n) is 7.08. The van der Waals surface area contributed by atoms with Gasteiger partial charge in [-0.25, -0.2) is 0 Å². The molecule has 4 atom stereocenters. The standard InChI is InChI=1S/C12H27NO5/c1-2-3-4-5-6-13-7-9(15)11(17)12(18)10(16)8-14/h9-18H,2-8H2,1H3/t9-,10+,11+,12+/m0/s1/i1D. The SMILES string of the molecule is [2H]CCCCCCNC[C@H](O)[C@@H](O)[C@H](O)[C@H](O)CO. The predicted molar refractivity (Wildman–Crippen MR) is 68.1 cm³/mol. The maximum Gasteiger partial charge on any atom is 0.111 e. The summed E-state index contributed by atoms with van der Waals surface area (Å²) in [5, 5.41) is 49.2. The summed E-state index contributed by atoms with van der Waals surface area (Å²) in [6.45, 7) is 0.563. The van der Waals surface area contributed by atoms with E-state index in [1.165, 1.54) is 0 Å². The van der Waals surface area contributed by atoms with Crippen LogP contribution < -0.4 is 5.32 Å². The number of nitrogens with one attached hydrogen (secondary N) is 1. The Balaban J connectivity index is 3.64. The van der Waals surface area contributed by atoms with E-state index < -0.39 is 31.0 Å². The second kappa shape index (κ2) is 10.7. The third-order valence-corrected chi connectivity index (χ3v) is 2.78. The molecule has 18 heavy (non-hydrogen) atoms. The van der Waals surface area contributed by atoms with Gasteiger partial charge in [-0.15, -0.1) is 0 Å². The highest BCUT2D eigenvalue weighted by atomic mass is 16.4. The van der Waals surface area contributed by atoms with Crippen LogP contribution in [-0.4, -0.2) is 69.6 Å². The van der Waals surface area contributed by atoms with Crippen molar-refractivity contribution in [2.24, 2.45) is 0 Å². The summed E-state index contributed by atoms with van der Waals surface area (Å²) in [6.07, 6.45) is -1.90. The molecule has 0 aromatic carbocycles. The minimum Gasteiger partial charge on any atom is -0.394 e. The van der Waals surface area contributed by atoms with Gasteiger partial charge in [0, 0.05) is 7.92 Å². The molecule has 0 unspecified atom stereocenters. The summed E-state index contributed by atoms with van der Waals surface area (Å²) >= 11 is 0. The molecule has 0 radical (unpaired) electrons. The zero-order chi connectivity index (χ0) is 14.7. The Labute approximate surface area is 110 Å². The Kier molecular flexibility index (Phi) is 9.37. The highest BCUT2D eigenvalue weighted by Crippen LogP contribution is 2.04. The second-order valence-electron chi connectivity index (χ2n) is 4.42. The van der Waals surface area contributed by atoms with E-state index in [2.05, 4.69) is 5.32 Å². The lowest BCUT2D eigenvalue weighted by Crippen LogP contribution is -2.49. The zero-order valence-corrected chi connectivity index (χ0v) is 10.7. The number of aliphatic hydroxyl groups excluding tert-OH is 5. The molecular weight excluding hydrogens is 238 g/mol. The first-order chi connectivity index (χ1) is 9.04. The quantitative estimate of drug-likeness (QED) is 0.256. The molecule has 0 spiro atoms. The first-order valence-corrected chi connectivity index (χ1v) is 6.37. The average molecular weight is 266 g/mol. The van der Waals surface area contributed by atoms with Gasteiger partial charge < -0.3 is 30.8 Å². The molecule has 0 aliphatic heterocycles. The molecule has 0 aromatic heterocycles. The number of rotatable bonds is 11. The monoisotopic (exact) mass is 266 g/mol. The van der Waals surface area contributed by atoms with Crippen LogP contribution in [0.15, 0.2) is 0 Å². The average Bonchev–Trinajstić information content (AvgIpc) is 2.43. The minimum atomic E-state index is -1.57. The van der Waals surface area contributed by atoms with Crippen LogP contribution in [0.3, 0.4) is 0 Å². The van der Waals surface area contributed by atoms with Crippen LogP contribution in [0.2, 0.25) is 0 Å². The van der Waals surface area contributed by atoms with Crippen molar-refractivity contribution >= 4 is 0 Å². The third-order valence-electron chi connectivity index (χ3n) is 2.78. The summed E-state index contributed by atoms with van der Waals surface area (Å²) in [5.74, 6) is 0. The van der Waals surface area contributed by atoms with E-state index in [0.717, 1.165) is 25.7 Å². The van der Waals surface area contributed by atoms with Gasteiger partial charge in [-0.2, -0.15) is 0 Å². The van der Waals surface area contributed by atoms with Crippen LogP contribution in [0.4, 0.5) is 0 Å². The summed E-state index contributed by atoms with van der Waals surface area (Å²) in [6, 6.07) is 0. The molecule has 0 amide bonds. The lowest BCUT2D eigenvalue weighted by atomic mass is 10.0. The number of hydrogen-bond donors (Lipinski definition) is 6. The molecule has 110 valence electrons. The fourth-order valence-corrected chi connectivity index (χ4v) is 1.54. The zero-order valence-electron chi connectivity index (χ0n) is 11.7. The first kappa shape index (κ1) is 15.8. The van der Waals surface area contributed by atoms with Crippen molar-refractivity contribution < 1.29 is 26.9 Å². The Morgan fingerprint density at radius 1 is 1.00 bits per heavy atom. The molecular formula is C12H27NO5. The Morgan fingerprint density at radius 3 is 2.28 bits per heavy atom. The van der Waals surface area contributed by atoms with E-state index in [-0.39, 0.29) is 6.54 Å². The molecule has 0 aliphatic carbocycles. The largest absolute Gasteiger partial charge is 0.394 e. The van der Waals surface area contributed by atoms with Crippen molar-refractivity contribution in [1.29, 1.82) is 0 Å². The fourth-order valence-electron chi connectivity index (χ4n) is 1.54. The van der Waals surface area contributed by atoms with E-state index in [0.29, 0.717) is 13.4 Å². The number of hydrogen-bond acceptors (Lipinski definition) is 6. The van der Waals surface area contributed by atoms with Crippen molar-refractivity contribution in [3.8, 4) is 0 Å². The number of aliphatic hydroxyl groups is 5. The predicted octanol–water partition coefficient (Wildman–Crippen LogP) is -1.41. The molecule has 0 saturated carbocycles. The summed E-state index contributed by atoms with van der Waals surface area (Å²) < 4.78 is 6.97. The molecule has 6 N–H and O–H groups in total. The van der Waals surface area contributed by atoms with Crippen LogP contribution in [0.5, 0.6) is 0 Å². The summed E-state index contributed by atoms with van der Waals surface area (Å²) in [4.78, 5) is 0. The molecule has 0 rings (SSSR count). The van der Waals surface area contributed by atoms with Gasteiger partial charge in [0.25, 0.3) is 0 Å². The van der Waals surface area contributed by atoms with E-state index in [9.17, 15) is 15.3 Å². The summed E-state index contributed by atoms with van der Waals surface area (Å²) in [5.41, 5.74) is 0. The van der Waals surface area contributed by atoms with E-state index in [1.54, 1.807) is 0 Å². The second-order valence-corrected chi connectivity index (χ2v) is 4.42. The normalized spacial score (nSPS) is 19.1. The van der Waals surface area contributed by atoms with E-state index in [4.69, 9.17) is 11.6 Å². The van der Waals surface area contributed by atoms with Crippen LogP contribution in [0.1, 0.15) is 34.0 Å². The molecule has 0 fully saturated rings. The van der Waals surface area contributed by atoms with Gasteiger partial charge in [0.1, 0.15) is 18.3 Å². The van der Waals surface area contributed by atoms with Crippen molar-refractivity contribution in [1.82, 2.24) is 5.32 Å². The third kappa shape index (κ3) is 7.25. The van der Waals surface area contributed by atoms with Gasteiger partial charge in [-0.3, -0.25) is 0 Å². The van der Waals surface area contributed by atoms with Crippen molar-refractivity contribution in [2.75, 3.05) is 19.7 Å². The molecule has 6 heteroatoms. The van der Waals surface area contributed by atoms with Gasteiger partial charge >= 0.3 is 0 Å². The van der Waals surface area contributed by atoms with Crippen LogP contribution in [0, 0.1) is 0 Å². The maximum atomic E-state index is 9.58. The van der Waals surface area contributed by atoms with Crippen LogP contribution in [0.25, 0.3) is 0 Å². The molecule has 0 saturated heterocycles. The fraction of sp³-hybridized carbons (Fsp3) is 1.00. The Bertz CT molecular complexity index is 211. The van der Waals surface area contributed by atoms with Crippen molar-refractivity contribution in [3.63, 3.8) is 0 Å². The van der Waals surface area contributed by atoms with Crippen LogP contribution in [-0.2, 0) is 0 Å². The number of unbranched alkanes of at least 4 members (excludes halogenated alkanes) is 3. The Hall–Kier alpha value is -0.240. The van der Waals surface area contributed by atoms with E-state index in [1.807, 2.05) is 0 Å². The Morgan fingerprint density at radius 2 is 1.67 bits per heavy atom. The molecule has 0 heterocycles. The highest BCUT2D eigenvalue weighted by Gasteiger charge is 2.29.